The lowest BCUT2D eigenvalue weighted by Gasteiger charge is -2.34. The van der Waals surface area contributed by atoms with Gasteiger partial charge in [-0.3, -0.25) is 4.55 Å². The van der Waals surface area contributed by atoms with E-state index in [9.17, 15) is 23.2 Å². The van der Waals surface area contributed by atoms with Gasteiger partial charge in [-0.05, 0) is 29.8 Å². The first-order chi connectivity index (χ1) is 13.5. The molecule has 0 aromatic heterocycles. The van der Waals surface area contributed by atoms with Crippen LogP contribution in [0, 0.1) is 0 Å². The molecular formula is C19H12Cl4O5S. The van der Waals surface area contributed by atoms with Gasteiger partial charge in [0.25, 0.3) is 10.1 Å². The van der Waals surface area contributed by atoms with Crippen LogP contribution < -0.4 is 0 Å². The fourth-order valence-electron chi connectivity index (χ4n) is 3.19. The molecule has 0 saturated heterocycles. The smallest absolute Gasteiger partial charge is 0.283 e. The average molecular weight is 494 g/mol. The Morgan fingerprint density at radius 1 is 0.759 bits per heavy atom. The molecule has 0 bridgehead atoms. The fraction of sp³-hybridized carbons (Fsp3) is 0.0526. The average Bonchev–Trinajstić information content (AvgIpc) is 2.64. The van der Waals surface area contributed by atoms with Crippen LogP contribution in [0.25, 0.3) is 0 Å². The zero-order chi connectivity index (χ0) is 21.6. The number of rotatable bonds is 4. The van der Waals surface area contributed by atoms with Crippen LogP contribution in [0.4, 0.5) is 0 Å². The van der Waals surface area contributed by atoms with Crippen LogP contribution >= 0.6 is 46.4 Å². The predicted molar refractivity (Wildman–Crippen MR) is 114 cm³/mol. The fourth-order valence-corrected chi connectivity index (χ4v) is 5.54. The molecule has 0 aliphatic heterocycles. The van der Waals surface area contributed by atoms with Crippen molar-refractivity contribution in [2.75, 3.05) is 0 Å². The van der Waals surface area contributed by atoms with Crippen molar-refractivity contribution in [3.8, 4) is 11.5 Å². The molecule has 0 fully saturated rings. The van der Waals surface area contributed by atoms with E-state index in [1.807, 2.05) is 0 Å². The van der Waals surface area contributed by atoms with Crippen molar-refractivity contribution in [3.05, 3.63) is 91.4 Å². The summed E-state index contributed by atoms with van der Waals surface area (Å²) < 4.78 is 34.1. The molecule has 152 valence electrons. The summed E-state index contributed by atoms with van der Waals surface area (Å²) in [5.41, 5.74) is -0.393. The highest BCUT2D eigenvalue weighted by Gasteiger charge is 2.51. The molecule has 0 aliphatic rings. The van der Waals surface area contributed by atoms with E-state index in [4.69, 9.17) is 46.4 Å². The van der Waals surface area contributed by atoms with Crippen LogP contribution in [0.15, 0.2) is 54.6 Å². The molecule has 3 rings (SSSR count). The maximum absolute atomic E-state index is 13.0. The van der Waals surface area contributed by atoms with E-state index in [-0.39, 0.29) is 42.5 Å². The van der Waals surface area contributed by atoms with Crippen LogP contribution in [-0.2, 0) is 14.9 Å². The summed E-state index contributed by atoms with van der Waals surface area (Å²) in [6, 6.07) is 11.8. The number of aromatic hydroxyl groups is 2. The van der Waals surface area contributed by atoms with Crippen molar-refractivity contribution in [2.24, 2.45) is 0 Å². The van der Waals surface area contributed by atoms with Gasteiger partial charge in [-0.15, -0.1) is 0 Å². The second-order valence-electron chi connectivity index (χ2n) is 6.07. The van der Waals surface area contributed by atoms with E-state index in [1.165, 1.54) is 42.5 Å². The molecule has 0 heterocycles. The SMILES string of the molecule is O=S(=O)(O)C(c1cccc(O)c1)(c1cccc(Cl)c1Cl)c1ccc(O)c(Cl)c1Cl. The van der Waals surface area contributed by atoms with Crippen LogP contribution in [0.1, 0.15) is 16.7 Å². The molecule has 1 unspecified atom stereocenters. The maximum atomic E-state index is 13.0. The number of phenols is 2. The van der Waals surface area contributed by atoms with Crippen LogP contribution in [-0.4, -0.2) is 23.2 Å². The molecular weight excluding hydrogens is 482 g/mol. The monoisotopic (exact) mass is 492 g/mol. The highest BCUT2D eigenvalue weighted by molar-refractivity contribution is 7.87. The quantitative estimate of drug-likeness (QED) is 0.311. The van der Waals surface area contributed by atoms with Crippen LogP contribution in [0.2, 0.25) is 20.1 Å². The Morgan fingerprint density at radius 3 is 2.00 bits per heavy atom. The van der Waals surface area contributed by atoms with Crippen LogP contribution in [0.5, 0.6) is 11.5 Å². The maximum Gasteiger partial charge on any atom is 0.283 e. The molecule has 29 heavy (non-hydrogen) atoms. The molecule has 3 aromatic carbocycles. The Balaban J connectivity index is 2.63. The molecule has 5 nitrogen and oxygen atoms in total. The molecule has 3 N–H and O–H groups in total. The predicted octanol–water partition coefficient (Wildman–Crippen LogP) is 5.89. The van der Waals surface area contributed by atoms with E-state index in [2.05, 4.69) is 0 Å². The molecule has 0 amide bonds. The zero-order valence-electron chi connectivity index (χ0n) is 14.3. The first kappa shape index (κ1) is 22.0. The lowest BCUT2D eigenvalue weighted by atomic mass is 9.83. The highest BCUT2D eigenvalue weighted by atomic mass is 35.5. The second-order valence-corrected chi connectivity index (χ2v) is 9.17. The molecule has 0 aliphatic carbocycles. The Labute approximate surface area is 186 Å². The lowest BCUT2D eigenvalue weighted by Crippen LogP contribution is -2.39. The summed E-state index contributed by atoms with van der Waals surface area (Å²) in [4.78, 5) is 0. The molecule has 10 heteroatoms. The first-order valence-corrected chi connectivity index (χ1v) is 10.9. The molecule has 3 aromatic rings. The normalized spacial score (nSPS) is 13.8. The van der Waals surface area contributed by atoms with Gasteiger partial charge in [-0.2, -0.15) is 8.42 Å². The number of phenolic OH excluding ortho intramolecular Hbond substituents is 2. The van der Waals surface area contributed by atoms with Gasteiger partial charge in [0.15, 0.2) is 4.75 Å². The van der Waals surface area contributed by atoms with Gasteiger partial charge < -0.3 is 10.2 Å². The Kier molecular flexibility index (Phi) is 5.98. The van der Waals surface area contributed by atoms with Crippen molar-refractivity contribution < 1.29 is 23.2 Å². The van der Waals surface area contributed by atoms with Gasteiger partial charge in [0.1, 0.15) is 16.5 Å². The Bertz CT molecular complexity index is 1210. The van der Waals surface area contributed by atoms with Crippen molar-refractivity contribution in [1.82, 2.24) is 0 Å². The first-order valence-electron chi connectivity index (χ1n) is 7.90. The van der Waals surface area contributed by atoms with E-state index in [1.54, 1.807) is 0 Å². The molecule has 1 atom stereocenters. The van der Waals surface area contributed by atoms with Gasteiger partial charge in [-0.1, -0.05) is 76.7 Å². The van der Waals surface area contributed by atoms with Crippen molar-refractivity contribution in [3.63, 3.8) is 0 Å². The minimum Gasteiger partial charge on any atom is -0.508 e. The van der Waals surface area contributed by atoms with Gasteiger partial charge in [-0.25, -0.2) is 0 Å². The van der Waals surface area contributed by atoms with Crippen LogP contribution in [0.3, 0.4) is 0 Å². The number of hydrogen-bond acceptors (Lipinski definition) is 4. The van der Waals surface area contributed by atoms with E-state index in [0.29, 0.717) is 0 Å². The highest BCUT2D eigenvalue weighted by Crippen LogP contribution is 2.52. The molecule has 0 saturated carbocycles. The lowest BCUT2D eigenvalue weighted by molar-refractivity contribution is 0.455. The van der Waals surface area contributed by atoms with Crippen molar-refractivity contribution >= 4 is 56.5 Å². The Hall–Kier alpha value is -1.67. The number of halogens is 4. The van der Waals surface area contributed by atoms with Crippen molar-refractivity contribution in [2.45, 2.75) is 4.75 Å². The zero-order valence-corrected chi connectivity index (χ0v) is 18.1. The third-order valence-electron chi connectivity index (χ3n) is 4.41. The van der Waals surface area contributed by atoms with Gasteiger partial charge >= 0.3 is 0 Å². The largest absolute Gasteiger partial charge is 0.508 e. The third kappa shape index (κ3) is 3.54. The van der Waals surface area contributed by atoms with E-state index in [0.717, 1.165) is 12.1 Å². The summed E-state index contributed by atoms with van der Waals surface area (Å²) >= 11 is 24.8. The number of hydrogen-bond donors (Lipinski definition) is 3. The van der Waals surface area contributed by atoms with Gasteiger partial charge in [0.2, 0.25) is 0 Å². The summed E-state index contributed by atoms with van der Waals surface area (Å²) in [5, 5.41) is 19.1. The molecule has 0 spiro atoms. The summed E-state index contributed by atoms with van der Waals surface area (Å²) in [5.74, 6) is -0.660. The van der Waals surface area contributed by atoms with E-state index >= 15 is 0 Å². The number of benzene rings is 3. The minimum atomic E-state index is -5.07. The van der Waals surface area contributed by atoms with Gasteiger partial charge in [0, 0.05) is 11.1 Å². The third-order valence-corrected chi connectivity index (χ3v) is 7.55. The molecule has 0 radical (unpaired) electrons. The summed E-state index contributed by atoms with van der Waals surface area (Å²) in [6.45, 7) is 0. The van der Waals surface area contributed by atoms with E-state index < -0.39 is 20.6 Å². The topological polar surface area (TPSA) is 94.8 Å². The standard InChI is InChI=1S/C19H12Cl4O5S/c20-14-6-2-5-12(16(14)21)19(29(26,27)28,10-3-1-4-11(24)9-10)13-7-8-15(25)18(23)17(13)22/h1-9,24-25H,(H,26,27,28). The second kappa shape index (κ2) is 7.87. The minimum absolute atomic E-state index is 0.0262. The van der Waals surface area contributed by atoms with Gasteiger partial charge in [0.05, 0.1) is 15.1 Å². The Morgan fingerprint density at radius 2 is 1.38 bits per heavy atom. The van der Waals surface area contributed by atoms with Crippen molar-refractivity contribution in [1.29, 1.82) is 0 Å². The summed E-state index contributed by atoms with van der Waals surface area (Å²) in [6.07, 6.45) is 0. The summed E-state index contributed by atoms with van der Waals surface area (Å²) in [7, 11) is -5.07.